The quantitative estimate of drug-likeness (QED) is 0.511. The first-order valence-corrected chi connectivity index (χ1v) is 9.09. The molecule has 0 aliphatic carbocycles. The number of rotatable bonds is 7. The molecule has 0 atom stereocenters. The van der Waals surface area contributed by atoms with E-state index in [2.05, 4.69) is 20.0 Å². The van der Waals surface area contributed by atoms with E-state index in [1.807, 2.05) is 0 Å². The summed E-state index contributed by atoms with van der Waals surface area (Å²) in [6.07, 6.45) is -1.99. The Morgan fingerprint density at radius 3 is 2.42 bits per heavy atom. The lowest BCUT2D eigenvalue weighted by Gasteiger charge is -2.10. The van der Waals surface area contributed by atoms with E-state index in [0.29, 0.717) is 11.3 Å². The van der Waals surface area contributed by atoms with Gasteiger partial charge >= 0.3 is 6.18 Å². The van der Waals surface area contributed by atoms with Gasteiger partial charge < -0.3 is 14.8 Å². The summed E-state index contributed by atoms with van der Waals surface area (Å²) in [7, 11) is 0. The van der Waals surface area contributed by atoms with Crippen molar-refractivity contribution in [3.8, 4) is 17.5 Å². The number of nitrogens with zero attached hydrogens (tertiary/aromatic N) is 2. The Kier molecular flexibility index (Phi) is 6.91. The second-order valence-electron chi connectivity index (χ2n) is 6.16. The number of ether oxygens (including phenoxy) is 2. The number of carbonyl (C=O) groups is 1. The Morgan fingerprint density at radius 1 is 1.06 bits per heavy atom. The van der Waals surface area contributed by atoms with Crippen LogP contribution in [0.3, 0.4) is 0 Å². The second-order valence-corrected chi connectivity index (χ2v) is 6.57. The van der Waals surface area contributed by atoms with Crippen LogP contribution in [0.1, 0.15) is 15.9 Å². The van der Waals surface area contributed by atoms with Gasteiger partial charge in [0.2, 0.25) is 11.8 Å². The Bertz CT molecular complexity index is 1050. The molecule has 3 rings (SSSR count). The lowest BCUT2D eigenvalue weighted by molar-refractivity contribution is -0.154. The molecule has 3 aromatic rings. The van der Waals surface area contributed by atoms with Crippen LogP contribution in [0.2, 0.25) is 5.02 Å². The molecule has 0 fully saturated rings. The molecular weight excluding hydrogens is 442 g/mol. The average molecular weight is 456 g/mol. The molecule has 1 aromatic carbocycles. The zero-order valence-corrected chi connectivity index (χ0v) is 16.4. The first-order chi connectivity index (χ1) is 14.7. The van der Waals surface area contributed by atoms with Crippen molar-refractivity contribution in [3.63, 3.8) is 0 Å². The van der Waals surface area contributed by atoms with E-state index in [4.69, 9.17) is 16.3 Å². The number of aromatic nitrogens is 2. The van der Waals surface area contributed by atoms with Crippen LogP contribution in [0, 0.1) is 5.82 Å². The van der Waals surface area contributed by atoms with Crippen molar-refractivity contribution in [2.45, 2.75) is 12.7 Å². The number of benzene rings is 1. The van der Waals surface area contributed by atoms with Crippen molar-refractivity contribution in [2.24, 2.45) is 0 Å². The summed E-state index contributed by atoms with van der Waals surface area (Å²) in [5.41, 5.74) is 0.706. The van der Waals surface area contributed by atoms with Crippen molar-refractivity contribution in [1.29, 1.82) is 0 Å². The number of alkyl halides is 3. The highest BCUT2D eigenvalue weighted by Gasteiger charge is 2.29. The van der Waals surface area contributed by atoms with Crippen molar-refractivity contribution in [3.05, 3.63) is 76.8 Å². The van der Waals surface area contributed by atoms with E-state index < -0.39 is 24.6 Å². The van der Waals surface area contributed by atoms with Gasteiger partial charge in [0, 0.05) is 25.0 Å². The zero-order valence-electron chi connectivity index (χ0n) is 15.6. The smallest absolute Gasteiger partial charge is 0.422 e. The number of amides is 1. The van der Waals surface area contributed by atoms with Crippen LogP contribution in [-0.2, 0) is 6.54 Å². The summed E-state index contributed by atoms with van der Waals surface area (Å²) in [4.78, 5) is 20.0. The molecule has 0 saturated carbocycles. The van der Waals surface area contributed by atoms with E-state index in [-0.39, 0.29) is 28.8 Å². The van der Waals surface area contributed by atoms with Crippen molar-refractivity contribution in [1.82, 2.24) is 15.3 Å². The van der Waals surface area contributed by atoms with E-state index in [1.165, 1.54) is 30.5 Å². The first kappa shape index (κ1) is 22.3. The van der Waals surface area contributed by atoms with Gasteiger partial charge in [-0.05, 0) is 35.9 Å². The molecule has 2 heterocycles. The molecule has 1 amide bonds. The van der Waals surface area contributed by atoms with Gasteiger partial charge in [0.05, 0.1) is 5.56 Å². The summed E-state index contributed by atoms with van der Waals surface area (Å²) in [6.45, 7) is -1.42. The van der Waals surface area contributed by atoms with Crippen LogP contribution in [-0.4, -0.2) is 28.7 Å². The van der Waals surface area contributed by atoms with E-state index in [9.17, 15) is 22.4 Å². The molecule has 11 heteroatoms. The van der Waals surface area contributed by atoms with Gasteiger partial charge in [-0.3, -0.25) is 4.79 Å². The van der Waals surface area contributed by atoms with Gasteiger partial charge in [-0.1, -0.05) is 17.7 Å². The van der Waals surface area contributed by atoms with Crippen LogP contribution in [0.5, 0.6) is 17.5 Å². The van der Waals surface area contributed by atoms with Gasteiger partial charge in [0.1, 0.15) is 16.6 Å². The number of halogens is 5. The maximum absolute atomic E-state index is 12.9. The highest BCUT2D eigenvalue weighted by Crippen LogP contribution is 2.25. The minimum atomic E-state index is -4.53. The van der Waals surface area contributed by atoms with Crippen LogP contribution in [0.25, 0.3) is 0 Å². The standard InChI is InChI=1S/C20H14ClF4N3O3/c21-16-7-13(10-28-19(16)30-11-20(23,24)25)18(29)27-9-12-1-6-17(26-8-12)31-15-4-2-14(22)3-5-15/h1-8,10H,9,11H2,(H,27,29). The van der Waals surface area contributed by atoms with Gasteiger partial charge in [0.15, 0.2) is 6.61 Å². The molecule has 2 aromatic heterocycles. The maximum Gasteiger partial charge on any atom is 0.422 e. The van der Waals surface area contributed by atoms with E-state index in [1.54, 1.807) is 12.1 Å². The number of hydrogen-bond donors (Lipinski definition) is 1. The fraction of sp³-hybridized carbons (Fsp3) is 0.150. The largest absolute Gasteiger partial charge is 0.467 e. The predicted octanol–water partition coefficient (Wildman–Crippen LogP) is 4.93. The Labute approximate surface area is 178 Å². The zero-order chi connectivity index (χ0) is 22.4. The summed E-state index contributed by atoms with van der Waals surface area (Å²) in [5.74, 6) is -0.639. The highest BCUT2D eigenvalue weighted by molar-refractivity contribution is 6.32. The molecule has 6 nitrogen and oxygen atoms in total. The molecule has 31 heavy (non-hydrogen) atoms. The van der Waals surface area contributed by atoms with Gasteiger partial charge in [-0.2, -0.15) is 13.2 Å². The fourth-order valence-electron chi connectivity index (χ4n) is 2.29. The minimum absolute atomic E-state index is 0.0496. The topological polar surface area (TPSA) is 73.3 Å². The van der Waals surface area contributed by atoms with Crippen LogP contribution >= 0.6 is 11.6 Å². The molecule has 0 aliphatic heterocycles. The van der Waals surface area contributed by atoms with Crippen LogP contribution in [0.4, 0.5) is 17.6 Å². The van der Waals surface area contributed by atoms with Crippen molar-refractivity contribution in [2.75, 3.05) is 6.61 Å². The average Bonchev–Trinajstić information content (AvgIpc) is 2.73. The van der Waals surface area contributed by atoms with Crippen molar-refractivity contribution >= 4 is 17.5 Å². The normalized spacial score (nSPS) is 11.1. The molecule has 0 aliphatic rings. The highest BCUT2D eigenvalue weighted by atomic mass is 35.5. The Morgan fingerprint density at radius 2 is 1.81 bits per heavy atom. The Hall–Kier alpha value is -3.40. The molecule has 0 radical (unpaired) electrons. The predicted molar refractivity (Wildman–Crippen MR) is 103 cm³/mol. The first-order valence-electron chi connectivity index (χ1n) is 8.71. The lowest BCUT2D eigenvalue weighted by Crippen LogP contribution is -2.23. The maximum atomic E-state index is 12.9. The summed E-state index contributed by atoms with van der Waals surface area (Å²) < 4.78 is 59.5. The molecule has 162 valence electrons. The second kappa shape index (κ2) is 9.61. The van der Waals surface area contributed by atoms with Crippen molar-refractivity contribution < 1.29 is 31.8 Å². The molecule has 0 spiro atoms. The molecule has 0 unspecified atom stereocenters. The van der Waals surface area contributed by atoms with E-state index >= 15 is 0 Å². The number of hydrogen-bond acceptors (Lipinski definition) is 5. The Balaban J connectivity index is 1.54. The SMILES string of the molecule is O=C(NCc1ccc(Oc2ccc(F)cc2)nc1)c1cnc(OCC(F)(F)F)c(Cl)c1. The van der Waals surface area contributed by atoms with E-state index in [0.717, 1.165) is 12.3 Å². The molecule has 0 saturated heterocycles. The van der Waals surface area contributed by atoms with Gasteiger partial charge in [0.25, 0.3) is 5.91 Å². The molecule has 1 N–H and O–H groups in total. The fourth-order valence-corrected chi connectivity index (χ4v) is 2.51. The molecule has 0 bridgehead atoms. The number of pyridine rings is 2. The lowest BCUT2D eigenvalue weighted by atomic mass is 10.2. The summed E-state index contributed by atoms with van der Waals surface area (Å²) >= 11 is 5.83. The van der Waals surface area contributed by atoms with Gasteiger partial charge in [-0.15, -0.1) is 0 Å². The molecular formula is C20H14ClF4N3O3. The number of nitrogens with one attached hydrogen (secondary N) is 1. The third kappa shape index (κ3) is 6.82. The van der Waals surface area contributed by atoms with Crippen LogP contribution < -0.4 is 14.8 Å². The van der Waals surface area contributed by atoms with Crippen LogP contribution in [0.15, 0.2) is 54.9 Å². The third-order valence-corrected chi connectivity index (χ3v) is 4.00. The summed E-state index contributed by atoms with van der Waals surface area (Å²) in [6, 6.07) is 9.85. The van der Waals surface area contributed by atoms with Gasteiger partial charge in [-0.25, -0.2) is 14.4 Å². The number of carbonyl (C=O) groups excluding carboxylic acids is 1. The minimum Gasteiger partial charge on any atom is -0.467 e. The third-order valence-electron chi connectivity index (χ3n) is 3.73. The summed E-state index contributed by atoms with van der Waals surface area (Å²) in [5, 5.41) is 2.39. The monoisotopic (exact) mass is 455 g/mol.